The Bertz CT molecular complexity index is 927. The summed E-state index contributed by atoms with van der Waals surface area (Å²) >= 11 is 6.27. The Morgan fingerprint density at radius 1 is 0.893 bits per heavy atom. The van der Waals surface area contributed by atoms with Gasteiger partial charge in [0.2, 0.25) is 0 Å². The van der Waals surface area contributed by atoms with Crippen molar-refractivity contribution in [3.63, 3.8) is 0 Å². The van der Waals surface area contributed by atoms with Gasteiger partial charge in [-0.25, -0.2) is 0 Å². The smallest absolute Gasteiger partial charge is 0.150 e. The first-order valence-corrected chi connectivity index (χ1v) is 10.3. The van der Waals surface area contributed by atoms with E-state index < -0.39 is 0 Å². The van der Waals surface area contributed by atoms with E-state index in [1.165, 1.54) is 27.8 Å². The molecule has 3 aromatic rings. The number of benzene rings is 3. The van der Waals surface area contributed by atoms with Gasteiger partial charge in [0.15, 0.2) is 0 Å². The Kier molecular flexibility index (Phi) is 7.06. The van der Waals surface area contributed by atoms with Crippen LogP contribution in [0.3, 0.4) is 0 Å². The average Bonchev–Trinajstić information content (AvgIpc) is 2.70. The third kappa shape index (κ3) is 5.56. The molecule has 144 valence electrons. The molecule has 28 heavy (non-hydrogen) atoms. The van der Waals surface area contributed by atoms with Crippen molar-refractivity contribution in [3.05, 3.63) is 105 Å². The number of carbonyl (C=O) groups is 1. The van der Waals surface area contributed by atoms with Gasteiger partial charge in [-0.2, -0.15) is 0 Å². The molecule has 1 nitrogen and oxygen atoms in total. The minimum Gasteiger partial charge on any atom is -0.298 e. The molecule has 1 atom stereocenters. The maximum absolute atomic E-state index is 10.8. The van der Waals surface area contributed by atoms with E-state index in [0.717, 1.165) is 42.6 Å². The van der Waals surface area contributed by atoms with Gasteiger partial charge in [0.25, 0.3) is 0 Å². The van der Waals surface area contributed by atoms with Gasteiger partial charge in [-0.05, 0) is 85.4 Å². The molecule has 2 heteroatoms. The molecular formula is C26H27ClO. The SMILES string of the molecule is Cc1ccc(C[C@H](CCCc2ccc(C=O)cc2)c2cccc(Cl)c2)cc1C. The average molecular weight is 391 g/mol. The molecule has 0 heterocycles. The number of hydrogen-bond donors (Lipinski definition) is 0. The van der Waals surface area contributed by atoms with Crippen LogP contribution in [0.5, 0.6) is 0 Å². The van der Waals surface area contributed by atoms with Gasteiger partial charge in [0.05, 0.1) is 0 Å². The first-order valence-electron chi connectivity index (χ1n) is 9.91. The van der Waals surface area contributed by atoms with E-state index in [9.17, 15) is 4.79 Å². The van der Waals surface area contributed by atoms with Gasteiger partial charge < -0.3 is 0 Å². The molecule has 3 aromatic carbocycles. The fourth-order valence-corrected chi connectivity index (χ4v) is 3.88. The molecule has 0 fully saturated rings. The first kappa shape index (κ1) is 20.4. The number of hydrogen-bond acceptors (Lipinski definition) is 1. The Hall–Kier alpha value is -2.38. The van der Waals surface area contributed by atoms with Crippen LogP contribution >= 0.6 is 11.6 Å². The van der Waals surface area contributed by atoms with Crippen molar-refractivity contribution in [1.82, 2.24) is 0 Å². The predicted octanol–water partition coefficient (Wildman–Crippen LogP) is 7.12. The summed E-state index contributed by atoms with van der Waals surface area (Å²) in [6, 6.07) is 23.0. The van der Waals surface area contributed by atoms with E-state index in [1.54, 1.807) is 0 Å². The van der Waals surface area contributed by atoms with Crippen LogP contribution in [0.25, 0.3) is 0 Å². The highest BCUT2D eigenvalue weighted by atomic mass is 35.5. The van der Waals surface area contributed by atoms with E-state index in [-0.39, 0.29) is 0 Å². The van der Waals surface area contributed by atoms with Crippen molar-refractivity contribution < 1.29 is 4.79 Å². The second-order valence-corrected chi connectivity index (χ2v) is 8.06. The molecule has 0 aliphatic heterocycles. The van der Waals surface area contributed by atoms with Gasteiger partial charge in [0.1, 0.15) is 6.29 Å². The van der Waals surface area contributed by atoms with E-state index in [4.69, 9.17) is 11.6 Å². The van der Waals surface area contributed by atoms with Gasteiger partial charge in [-0.15, -0.1) is 0 Å². The van der Waals surface area contributed by atoms with Crippen LogP contribution in [0.4, 0.5) is 0 Å². The van der Waals surface area contributed by atoms with Gasteiger partial charge in [0, 0.05) is 10.6 Å². The van der Waals surface area contributed by atoms with Crippen molar-refractivity contribution in [2.24, 2.45) is 0 Å². The molecule has 0 saturated carbocycles. The molecule has 0 radical (unpaired) electrons. The van der Waals surface area contributed by atoms with Crippen molar-refractivity contribution in [2.75, 3.05) is 0 Å². The van der Waals surface area contributed by atoms with Crippen LogP contribution in [-0.2, 0) is 12.8 Å². The fraction of sp³-hybridized carbons (Fsp3) is 0.269. The topological polar surface area (TPSA) is 17.1 Å². The summed E-state index contributed by atoms with van der Waals surface area (Å²) in [5, 5.41) is 0.798. The lowest BCUT2D eigenvalue weighted by Gasteiger charge is -2.19. The lowest BCUT2D eigenvalue weighted by atomic mass is 9.86. The maximum Gasteiger partial charge on any atom is 0.150 e. The number of halogens is 1. The maximum atomic E-state index is 10.8. The Labute approximate surface area is 173 Å². The highest BCUT2D eigenvalue weighted by Crippen LogP contribution is 2.29. The lowest BCUT2D eigenvalue weighted by Crippen LogP contribution is -2.05. The monoisotopic (exact) mass is 390 g/mol. The zero-order valence-corrected chi connectivity index (χ0v) is 17.4. The van der Waals surface area contributed by atoms with Crippen molar-refractivity contribution in [3.8, 4) is 0 Å². The summed E-state index contributed by atoms with van der Waals surface area (Å²) in [6.45, 7) is 4.33. The van der Waals surface area contributed by atoms with Crippen LogP contribution in [0.1, 0.15) is 56.9 Å². The van der Waals surface area contributed by atoms with Crippen LogP contribution in [-0.4, -0.2) is 6.29 Å². The molecular weight excluding hydrogens is 364 g/mol. The third-order valence-corrected chi connectivity index (χ3v) is 5.74. The Morgan fingerprint density at radius 2 is 1.64 bits per heavy atom. The molecule has 0 aliphatic rings. The fourth-order valence-electron chi connectivity index (χ4n) is 3.68. The Morgan fingerprint density at radius 3 is 2.32 bits per heavy atom. The third-order valence-electron chi connectivity index (χ3n) is 5.51. The summed E-state index contributed by atoms with van der Waals surface area (Å²) in [4.78, 5) is 10.8. The van der Waals surface area contributed by atoms with Gasteiger partial charge in [-0.1, -0.05) is 66.2 Å². The predicted molar refractivity (Wildman–Crippen MR) is 119 cm³/mol. The largest absolute Gasteiger partial charge is 0.298 e. The van der Waals surface area contributed by atoms with E-state index in [0.29, 0.717) is 5.92 Å². The Balaban J connectivity index is 1.71. The van der Waals surface area contributed by atoms with Gasteiger partial charge >= 0.3 is 0 Å². The highest BCUT2D eigenvalue weighted by molar-refractivity contribution is 6.30. The molecule has 3 rings (SSSR count). The minimum absolute atomic E-state index is 0.440. The second-order valence-electron chi connectivity index (χ2n) is 7.63. The summed E-state index contributed by atoms with van der Waals surface area (Å²) in [5.74, 6) is 0.440. The second kappa shape index (κ2) is 9.71. The molecule has 0 aromatic heterocycles. The molecule has 0 amide bonds. The summed E-state index contributed by atoms with van der Waals surface area (Å²) in [7, 11) is 0. The highest BCUT2D eigenvalue weighted by Gasteiger charge is 2.14. The standard InChI is InChI=1S/C26H27ClO/c1-19-9-10-23(15-20(19)2)16-24(25-7-4-8-26(27)17-25)6-3-5-21-11-13-22(18-28)14-12-21/h4,7-15,17-18,24H,3,5-6,16H2,1-2H3/t24-/m0/s1. The number of rotatable bonds is 8. The van der Waals surface area contributed by atoms with Crippen LogP contribution in [0.15, 0.2) is 66.7 Å². The normalized spacial score (nSPS) is 12.0. The van der Waals surface area contributed by atoms with E-state index in [1.807, 2.05) is 24.3 Å². The van der Waals surface area contributed by atoms with Crippen molar-refractivity contribution >= 4 is 17.9 Å². The molecule has 0 spiro atoms. The zero-order chi connectivity index (χ0) is 19.9. The zero-order valence-electron chi connectivity index (χ0n) is 16.6. The van der Waals surface area contributed by atoms with Crippen LogP contribution in [0.2, 0.25) is 5.02 Å². The van der Waals surface area contributed by atoms with Crippen molar-refractivity contribution in [2.45, 2.75) is 45.4 Å². The summed E-state index contributed by atoms with van der Waals surface area (Å²) in [6.07, 6.45) is 5.13. The molecule has 0 aliphatic carbocycles. The first-order chi connectivity index (χ1) is 13.5. The van der Waals surface area contributed by atoms with Crippen LogP contribution in [0, 0.1) is 13.8 Å². The van der Waals surface area contributed by atoms with Gasteiger partial charge in [-0.3, -0.25) is 4.79 Å². The minimum atomic E-state index is 0.440. The number of carbonyl (C=O) groups excluding carboxylic acids is 1. The van der Waals surface area contributed by atoms with E-state index in [2.05, 4.69) is 56.3 Å². The lowest BCUT2D eigenvalue weighted by molar-refractivity contribution is 0.112. The molecule has 0 N–H and O–H groups in total. The summed E-state index contributed by atoms with van der Waals surface area (Å²) in [5.41, 5.74) is 7.38. The van der Waals surface area contributed by atoms with E-state index >= 15 is 0 Å². The summed E-state index contributed by atoms with van der Waals surface area (Å²) < 4.78 is 0. The molecule has 0 saturated heterocycles. The van der Waals surface area contributed by atoms with Crippen molar-refractivity contribution in [1.29, 1.82) is 0 Å². The molecule has 0 unspecified atom stereocenters. The number of aldehydes is 1. The quantitative estimate of drug-likeness (QED) is 0.374. The molecule has 0 bridgehead atoms. The number of aryl methyl sites for hydroxylation is 3. The van der Waals surface area contributed by atoms with Crippen LogP contribution < -0.4 is 0 Å².